The molecule has 3 fully saturated rings. The van der Waals surface area contributed by atoms with Crippen LogP contribution in [0, 0.1) is 17.8 Å². The van der Waals surface area contributed by atoms with Crippen LogP contribution >= 0.6 is 0 Å². The van der Waals surface area contributed by atoms with Crippen LogP contribution in [0.2, 0.25) is 0 Å². The summed E-state index contributed by atoms with van der Waals surface area (Å²) in [6.45, 7) is 2.41. The molecule has 10 nitrogen and oxygen atoms in total. The van der Waals surface area contributed by atoms with E-state index in [1.54, 1.807) is 8.61 Å². The van der Waals surface area contributed by atoms with Gasteiger partial charge in [-0.15, -0.1) is 0 Å². The number of anilines is 2. The van der Waals surface area contributed by atoms with Crippen molar-refractivity contribution >= 4 is 43.5 Å². The van der Waals surface area contributed by atoms with Crippen LogP contribution in [0.25, 0.3) is 21.8 Å². The highest BCUT2D eigenvalue weighted by molar-refractivity contribution is 7.90. The zero-order valence-electron chi connectivity index (χ0n) is 21.3. The van der Waals surface area contributed by atoms with Crippen LogP contribution in [0.15, 0.2) is 36.5 Å². The van der Waals surface area contributed by atoms with Crippen molar-refractivity contribution < 1.29 is 8.42 Å². The standard InChI is InChI=1S/C27H32N8O2S/c1-33-8-10-34(11-9-33)38(36,37)35-22-7-6-21-19(14-29-30-21)25(22)23-15-2-3-16(12-15)24(23)26(35)17-4-5-20-18(13-17)27(28)32-31-20/h4-7,13-16,23-24,26H,2-3,8-12H2,1H3,(H,29,30)(H3,28,31,32)/t15?,16?,23-,24+,26-/m0/s1. The largest absolute Gasteiger partial charge is 0.382 e. The number of H-pyrrole nitrogens is 2. The third kappa shape index (κ3) is 3.03. The Morgan fingerprint density at radius 2 is 1.74 bits per heavy atom. The van der Waals surface area contributed by atoms with E-state index in [0.29, 0.717) is 36.7 Å². The van der Waals surface area contributed by atoms with E-state index in [1.165, 1.54) is 6.42 Å². The predicted molar refractivity (Wildman–Crippen MR) is 147 cm³/mol. The number of rotatable bonds is 3. The van der Waals surface area contributed by atoms with Gasteiger partial charge in [0.2, 0.25) is 0 Å². The van der Waals surface area contributed by atoms with Gasteiger partial charge in [-0.05, 0) is 85.4 Å². The van der Waals surface area contributed by atoms with Crippen molar-refractivity contribution in [3.8, 4) is 0 Å². The maximum Gasteiger partial charge on any atom is 0.304 e. The quantitative estimate of drug-likeness (QED) is 0.372. The summed E-state index contributed by atoms with van der Waals surface area (Å²) in [7, 11) is -1.78. The van der Waals surface area contributed by atoms with E-state index < -0.39 is 10.2 Å². The van der Waals surface area contributed by atoms with Crippen LogP contribution in [-0.2, 0) is 10.2 Å². The van der Waals surface area contributed by atoms with Gasteiger partial charge in [-0.2, -0.15) is 22.9 Å². The number of nitrogens with zero attached hydrogens (tertiary/aromatic N) is 5. The lowest BCUT2D eigenvalue weighted by molar-refractivity contribution is 0.213. The minimum absolute atomic E-state index is 0.189. The minimum atomic E-state index is -3.82. The predicted octanol–water partition coefficient (Wildman–Crippen LogP) is 3.20. The number of piperazine rings is 1. The van der Waals surface area contributed by atoms with Crippen molar-refractivity contribution in [3.63, 3.8) is 0 Å². The van der Waals surface area contributed by atoms with Crippen LogP contribution in [0.4, 0.5) is 11.5 Å². The van der Waals surface area contributed by atoms with Gasteiger partial charge in [0.15, 0.2) is 5.82 Å². The van der Waals surface area contributed by atoms with Gasteiger partial charge in [-0.25, -0.2) is 4.31 Å². The number of nitrogen functional groups attached to an aromatic ring is 1. The number of likely N-dealkylation sites (N-methyl/N-ethyl adjacent to an activating group) is 1. The summed E-state index contributed by atoms with van der Waals surface area (Å²) in [5, 5.41) is 16.6. The highest BCUT2D eigenvalue weighted by Crippen LogP contribution is 2.66. The molecular weight excluding hydrogens is 500 g/mol. The average molecular weight is 533 g/mol. The smallest absolute Gasteiger partial charge is 0.304 e. The lowest BCUT2D eigenvalue weighted by Gasteiger charge is -2.50. The molecule has 38 heavy (non-hydrogen) atoms. The Balaban J connectivity index is 1.39. The second kappa shape index (κ2) is 7.93. The SMILES string of the molecule is CN1CCN(S(=O)(=O)N2c3ccc4[nH]ncc4c3[C@H]3C4CCC(C4)[C@H]3[C@@H]2c2ccc3[nH]nc(N)c3c2)CC1. The van der Waals surface area contributed by atoms with Crippen LogP contribution in [0.5, 0.6) is 0 Å². The Labute approximate surface area is 221 Å². The third-order valence-corrected chi connectivity index (χ3v) is 11.7. The van der Waals surface area contributed by atoms with Gasteiger partial charge in [0.1, 0.15) is 0 Å². The topological polar surface area (TPSA) is 127 Å². The van der Waals surface area contributed by atoms with E-state index in [2.05, 4.69) is 37.4 Å². The van der Waals surface area contributed by atoms with Gasteiger partial charge in [0, 0.05) is 37.0 Å². The molecule has 4 N–H and O–H groups in total. The fourth-order valence-electron chi connectivity index (χ4n) is 8.10. The minimum Gasteiger partial charge on any atom is -0.382 e. The molecule has 2 aliphatic heterocycles. The zero-order valence-corrected chi connectivity index (χ0v) is 22.2. The van der Waals surface area contributed by atoms with Gasteiger partial charge in [-0.1, -0.05) is 6.07 Å². The Bertz CT molecular complexity index is 1670. The summed E-state index contributed by atoms with van der Waals surface area (Å²) in [5.41, 5.74) is 11.0. The summed E-state index contributed by atoms with van der Waals surface area (Å²) in [6.07, 6.45) is 5.39. The molecule has 5 atom stereocenters. The number of benzene rings is 2. The molecule has 4 aromatic rings. The van der Waals surface area contributed by atoms with Crippen LogP contribution in [0.1, 0.15) is 42.3 Å². The first-order valence-corrected chi connectivity index (χ1v) is 15.0. The lowest BCUT2D eigenvalue weighted by atomic mass is 9.67. The average Bonchev–Trinajstić information content (AvgIpc) is 3.72. The van der Waals surface area contributed by atoms with Gasteiger partial charge in [0.05, 0.1) is 29.0 Å². The van der Waals surface area contributed by atoms with Crippen molar-refractivity contribution in [2.75, 3.05) is 43.3 Å². The zero-order chi connectivity index (χ0) is 25.8. The van der Waals surface area contributed by atoms with Gasteiger partial charge < -0.3 is 10.6 Å². The summed E-state index contributed by atoms with van der Waals surface area (Å²) in [6, 6.07) is 9.80. The van der Waals surface area contributed by atoms with E-state index in [4.69, 9.17) is 5.73 Å². The fourth-order valence-corrected chi connectivity index (χ4v) is 9.93. The summed E-state index contributed by atoms with van der Waals surface area (Å²) in [4.78, 5) is 2.18. The molecule has 8 rings (SSSR count). The Hall–Kier alpha value is -3.15. The second-order valence-corrected chi connectivity index (χ2v) is 13.4. The van der Waals surface area contributed by atoms with Crippen molar-refractivity contribution in [1.29, 1.82) is 0 Å². The van der Waals surface area contributed by atoms with Crippen molar-refractivity contribution in [2.45, 2.75) is 31.2 Å². The highest BCUT2D eigenvalue weighted by atomic mass is 32.2. The molecule has 2 unspecified atom stereocenters. The summed E-state index contributed by atoms with van der Waals surface area (Å²) in [5.74, 6) is 1.97. The Morgan fingerprint density at radius 3 is 2.58 bits per heavy atom. The number of nitrogens with two attached hydrogens (primary N) is 1. The van der Waals surface area contributed by atoms with Crippen LogP contribution < -0.4 is 10.0 Å². The van der Waals surface area contributed by atoms with Crippen molar-refractivity contribution in [2.24, 2.45) is 17.8 Å². The molecule has 11 heteroatoms. The fraction of sp³-hybridized carbons (Fsp3) is 0.481. The molecule has 2 aromatic carbocycles. The summed E-state index contributed by atoms with van der Waals surface area (Å²) >= 11 is 0. The van der Waals surface area contributed by atoms with E-state index >= 15 is 0 Å². The molecule has 0 amide bonds. The molecule has 2 aromatic heterocycles. The molecule has 198 valence electrons. The first kappa shape index (κ1) is 22.8. The number of hydrogen-bond acceptors (Lipinski definition) is 6. The van der Waals surface area contributed by atoms with Gasteiger partial charge in [0.25, 0.3) is 0 Å². The van der Waals surface area contributed by atoms with E-state index in [0.717, 1.165) is 64.6 Å². The highest BCUT2D eigenvalue weighted by Gasteiger charge is 2.58. The maximum absolute atomic E-state index is 14.7. The molecule has 0 spiro atoms. The normalized spacial score (nSPS) is 29.8. The molecule has 2 saturated carbocycles. The van der Waals surface area contributed by atoms with Crippen LogP contribution in [0.3, 0.4) is 0 Å². The van der Waals surface area contributed by atoms with E-state index in [1.807, 2.05) is 31.4 Å². The van der Waals surface area contributed by atoms with Gasteiger partial charge >= 0.3 is 10.2 Å². The number of fused-ring (bicyclic) bond motifs is 10. The van der Waals surface area contributed by atoms with Gasteiger partial charge in [-0.3, -0.25) is 10.2 Å². The second-order valence-electron chi connectivity index (χ2n) is 11.6. The maximum atomic E-state index is 14.7. The monoisotopic (exact) mass is 532 g/mol. The number of hydrogen-bond donors (Lipinski definition) is 3. The van der Waals surface area contributed by atoms with Crippen molar-refractivity contribution in [1.82, 2.24) is 29.6 Å². The molecule has 4 heterocycles. The number of aromatic amines is 2. The molecule has 4 aliphatic rings. The van der Waals surface area contributed by atoms with Crippen LogP contribution in [-0.4, -0.2) is 71.2 Å². The number of nitrogens with one attached hydrogen (secondary N) is 2. The third-order valence-electron chi connectivity index (χ3n) is 9.81. The number of aromatic nitrogens is 4. The van der Waals surface area contributed by atoms with Crippen molar-refractivity contribution in [3.05, 3.63) is 47.7 Å². The Kier molecular flexibility index (Phi) is 4.76. The molecule has 0 radical (unpaired) electrons. The Morgan fingerprint density at radius 1 is 0.974 bits per heavy atom. The molecule has 2 aliphatic carbocycles. The first-order chi connectivity index (χ1) is 18.4. The lowest BCUT2D eigenvalue weighted by Crippen LogP contribution is -2.55. The van der Waals surface area contributed by atoms with E-state index in [-0.39, 0.29) is 12.0 Å². The molecule has 2 bridgehead atoms. The molecule has 1 saturated heterocycles. The first-order valence-electron chi connectivity index (χ1n) is 13.6. The van der Waals surface area contributed by atoms with E-state index in [9.17, 15) is 8.42 Å². The summed E-state index contributed by atoms with van der Waals surface area (Å²) < 4.78 is 32.9. The molecular formula is C27H32N8O2S.